The Morgan fingerprint density at radius 2 is 1.96 bits per heavy atom. The molecule has 1 aliphatic carbocycles. The standard InChI is InChI=1S/C20H27NO2.ClH/c1-21-14-18(13-19-8-5-11-23-19)20(22-2)17-10-9-15-6-3-4-7-16(15)12-17;/h5,8-12,18,20-21H,3-4,6-7,13-14H2,1-2H3;1H. The molecule has 3 rings (SSSR count). The second kappa shape index (κ2) is 9.26. The highest BCUT2D eigenvalue weighted by atomic mass is 35.5. The molecule has 0 radical (unpaired) electrons. The molecule has 0 amide bonds. The minimum absolute atomic E-state index is 0. The van der Waals surface area contributed by atoms with Crippen LogP contribution < -0.4 is 5.32 Å². The molecular weight excluding hydrogens is 322 g/mol. The molecule has 1 aliphatic rings. The van der Waals surface area contributed by atoms with E-state index in [1.807, 2.05) is 26.3 Å². The van der Waals surface area contributed by atoms with Crippen LogP contribution in [0.1, 0.15) is 41.4 Å². The summed E-state index contributed by atoms with van der Waals surface area (Å²) in [4.78, 5) is 0. The lowest BCUT2D eigenvalue weighted by Crippen LogP contribution is -2.28. The van der Waals surface area contributed by atoms with Crippen LogP contribution in [0, 0.1) is 5.92 Å². The number of benzene rings is 1. The van der Waals surface area contributed by atoms with Gasteiger partial charge in [-0.2, -0.15) is 0 Å². The van der Waals surface area contributed by atoms with E-state index in [1.54, 1.807) is 6.26 Å². The first kappa shape index (κ1) is 19.0. The molecule has 1 aromatic carbocycles. The first-order valence-electron chi connectivity index (χ1n) is 8.63. The van der Waals surface area contributed by atoms with Gasteiger partial charge < -0.3 is 14.5 Å². The zero-order valence-corrected chi connectivity index (χ0v) is 15.4. The monoisotopic (exact) mass is 349 g/mol. The Morgan fingerprint density at radius 1 is 1.17 bits per heavy atom. The minimum atomic E-state index is 0. The van der Waals surface area contributed by atoms with Gasteiger partial charge in [0, 0.05) is 26.0 Å². The van der Waals surface area contributed by atoms with Crippen molar-refractivity contribution in [1.29, 1.82) is 0 Å². The van der Waals surface area contributed by atoms with Gasteiger partial charge in [0.2, 0.25) is 0 Å². The molecule has 1 heterocycles. The lowest BCUT2D eigenvalue weighted by atomic mass is 9.86. The van der Waals surface area contributed by atoms with Crippen LogP contribution in [0.15, 0.2) is 41.0 Å². The van der Waals surface area contributed by atoms with Gasteiger partial charge in [0.1, 0.15) is 5.76 Å². The summed E-state index contributed by atoms with van der Waals surface area (Å²) in [5, 5.41) is 3.31. The van der Waals surface area contributed by atoms with E-state index >= 15 is 0 Å². The molecule has 24 heavy (non-hydrogen) atoms. The van der Waals surface area contributed by atoms with Crippen LogP contribution in [0.4, 0.5) is 0 Å². The molecule has 0 saturated heterocycles. The summed E-state index contributed by atoms with van der Waals surface area (Å²) < 4.78 is 11.5. The average Bonchev–Trinajstić information content (AvgIpc) is 3.09. The molecule has 0 saturated carbocycles. The van der Waals surface area contributed by atoms with Crippen molar-refractivity contribution < 1.29 is 9.15 Å². The van der Waals surface area contributed by atoms with E-state index < -0.39 is 0 Å². The van der Waals surface area contributed by atoms with Crippen molar-refractivity contribution in [3.05, 3.63) is 59.0 Å². The number of nitrogens with one attached hydrogen (secondary N) is 1. The normalized spacial score (nSPS) is 16.1. The Hall–Kier alpha value is -1.29. The maximum absolute atomic E-state index is 5.91. The summed E-state index contributed by atoms with van der Waals surface area (Å²) in [7, 11) is 3.81. The van der Waals surface area contributed by atoms with Gasteiger partial charge in [-0.3, -0.25) is 0 Å². The lowest BCUT2D eigenvalue weighted by molar-refractivity contribution is 0.0495. The van der Waals surface area contributed by atoms with Crippen molar-refractivity contribution in [1.82, 2.24) is 5.32 Å². The van der Waals surface area contributed by atoms with Gasteiger partial charge in [0.05, 0.1) is 12.4 Å². The Labute approximate surface area is 151 Å². The summed E-state index contributed by atoms with van der Waals surface area (Å²) in [5.41, 5.74) is 4.32. The third-order valence-corrected chi connectivity index (χ3v) is 4.89. The van der Waals surface area contributed by atoms with Crippen molar-refractivity contribution in [2.75, 3.05) is 20.7 Å². The van der Waals surface area contributed by atoms with E-state index in [0.717, 1.165) is 18.7 Å². The van der Waals surface area contributed by atoms with Crippen molar-refractivity contribution in [2.24, 2.45) is 5.92 Å². The SMILES string of the molecule is CNCC(Cc1ccco1)C(OC)c1ccc2c(c1)CCCC2.Cl. The lowest BCUT2D eigenvalue weighted by Gasteiger charge is -2.27. The fourth-order valence-corrected chi connectivity index (χ4v) is 3.77. The zero-order valence-electron chi connectivity index (χ0n) is 14.6. The number of hydrogen-bond acceptors (Lipinski definition) is 3. The molecule has 2 unspecified atom stereocenters. The van der Waals surface area contributed by atoms with Crippen molar-refractivity contribution in [3.63, 3.8) is 0 Å². The molecule has 4 heteroatoms. The molecule has 1 N–H and O–H groups in total. The molecule has 1 aromatic heterocycles. The fraction of sp³-hybridized carbons (Fsp3) is 0.500. The van der Waals surface area contributed by atoms with Gasteiger partial charge in [0.15, 0.2) is 0 Å². The maximum atomic E-state index is 5.91. The van der Waals surface area contributed by atoms with Crippen LogP contribution >= 0.6 is 12.4 Å². The van der Waals surface area contributed by atoms with Crippen LogP contribution in [0.3, 0.4) is 0 Å². The molecule has 132 valence electrons. The number of aryl methyl sites for hydroxylation is 2. The molecule has 3 nitrogen and oxygen atoms in total. The third-order valence-electron chi connectivity index (χ3n) is 4.89. The highest BCUT2D eigenvalue weighted by Crippen LogP contribution is 2.31. The number of hydrogen-bond donors (Lipinski definition) is 1. The van der Waals surface area contributed by atoms with Gasteiger partial charge in [-0.15, -0.1) is 12.4 Å². The van der Waals surface area contributed by atoms with Gasteiger partial charge >= 0.3 is 0 Å². The van der Waals surface area contributed by atoms with E-state index in [2.05, 4.69) is 23.5 Å². The third kappa shape index (κ3) is 4.41. The second-order valence-electron chi connectivity index (χ2n) is 6.49. The Bertz CT molecular complexity index is 612. The predicted octanol–water partition coefficient (Wildman–Crippen LogP) is 4.35. The number of rotatable bonds is 7. The van der Waals surface area contributed by atoms with Crippen LogP contribution in [0.25, 0.3) is 0 Å². The second-order valence-corrected chi connectivity index (χ2v) is 6.49. The summed E-state index contributed by atoms with van der Waals surface area (Å²) in [6, 6.07) is 10.9. The summed E-state index contributed by atoms with van der Waals surface area (Å²) in [6.07, 6.45) is 7.76. The van der Waals surface area contributed by atoms with E-state index in [0.29, 0.717) is 5.92 Å². The van der Waals surface area contributed by atoms with Gasteiger partial charge in [0.25, 0.3) is 0 Å². The molecule has 2 aromatic rings. The average molecular weight is 350 g/mol. The van der Waals surface area contributed by atoms with Gasteiger partial charge in [-0.25, -0.2) is 0 Å². The number of ether oxygens (including phenoxy) is 1. The quantitative estimate of drug-likeness (QED) is 0.807. The van der Waals surface area contributed by atoms with E-state index in [9.17, 15) is 0 Å². The molecule has 0 bridgehead atoms. The Morgan fingerprint density at radius 3 is 2.62 bits per heavy atom. The van der Waals surface area contributed by atoms with E-state index in [1.165, 1.54) is 42.4 Å². The maximum Gasteiger partial charge on any atom is 0.104 e. The zero-order chi connectivity index (χ0) is 16.1. The van der Waals surface area contributed by atoms with Crippen LogP contribution in [0.5, 0.6) is 0 Å². The summed E-state index contributed by atoms with van der Waals surface area (Å²) >= 11 is 0. The molecule has 0 aliphatic heterocycles. The fourth-order valence-electron chi connectivity index (χ4n) is 3.77. The molecule has 0 spiro atoms. The highest BCUT2D eigenvalue weighted by molar-refractivity contribution is 5.85. The first-order valence-corrected chi connectivity index (χ1v) is 8.63. The number of furan rings is 1. The largest absolute Gasteiger partial charge is 0.469 e. The van der Waals surface area contributed by atoms with E-state index in [4.69, 9.17) is 9.15 Å². The highest BCUT2D eigenvalue weighted by Gasteiger charge is 2.25. The first-order chi connectivity index (χ1) is 11.3. The van der Waals surface area contributed by atoms with Crippen LogP contribution in [0.2, 0.25) is 0 Å². The topological polar surface area (TPSA) is 34.4 Å². The van der Waals surface area contributed by atoms with Crippen LogP contribution in [-0.2, 0) is 24.0 Å². The smallest absolute Gasteiger partial charge is 0.104 e. The number of fused-ring (bicyclic) bond motifs is 1. The predicted molar refractivity (Wildman–Crippen MR) is 99.9 cm³/mol. The minimum Gasteiger partial charge on any atom is -0.469 e. The summed E-state index contributed by atoms with van der Waals surface area (Å²) in [5.74, 6) is 1.36. The number of halogens is 1. The summed E-state index contributed by atoms with van der Waals surface area (Å²) in [6.45, 7) is 0.899. The van der Waals surface area contributed by atoms with Crippen molar-refractivity contribution in [2.45, 2.75) is 38.2 Å². The van der Waals surface area contributed by atoms with Crippen molar-refractivity contribution >= 4 is 12.4 Å². The Balaban J connectivity index is 0.00000208. The number of methoxy groups -OCH3 is 1. The molecular formula is C20H28ClNO2. The molecule has 2 atom stereocenters. The Kier molecular flexibility index (Phi) is 7.35. The molecule has 0 fully saturated rings. The van der Waals surface area contributed by atoms with Crippen LogP contribution in [-0.4, -0.2) is 20.7 Å². The van der Waals surface area contributed by atoms with Crippen molar-refractivity contribution in [3.8, 4) is 0 Å². The van der Waals surface area contributed by atoms with E-state index in [-0.39, 0.29) is 18.5 Å². The van der Waals surface area contributed by atoms with Gasteiger partial charge in [-0.1, -0.05) is 18.2 Å². The van der Waals surface area contributed by atoms with Gasteiger partial charge in [-0.05, 0) is 61.6 Å².